The second-order valence-electron chi connectivity index (χ2n) is 7.78. The van der Waals surface area contributed by atoms with Crippen LogP contribution in [0.3, 0.4) is 0 Å². The van der Waals surface area contributed by atoms with Gasteiger partial charge in [-0.05, 0) is 62.4 Å². The van der Waals surface area contributed by atoms with Crippen LogP contribution < -0.4 is 10.1 Å². The third kappa shape index (κ3) is 5.60. The molecule has 0 aliphatic heterocycles. The topological polar surface area (TPSA) is 79.9 Å². The Morgan fingerprint density at radius 2 is 1.89 bits per heavy atom. The fourth-order valence-corrected chi connectivity index (χ4v) is 3.73. The van der Waals surface area contributed by atoms with Crippen molar-refractivity contribution < 1.29 is 9.53 Å². The van der Waals surface area contributed by atoms with Crippen molar-refractivity contribution in [1.29, 1.82) is 5.26 Å². The minimum absolute atomic E-state index is 0.0449. The predicted octanol–water partition coefficient (Wildman–Crippen LogP) is 6.45. The highest BCUT2D eigenvalue weighted by Gasteiger charge is 2.16. The maximum absolute atomic E-state index is 12.9. The Hall–Kier alpha value is -4.34. The molecule has 35 heavy (non-hydrogen) atoms. The van der Waals surface area contributed by atoms with E-state index in [1.165, 1.54) is 6.08 Å². The van der Waals surface area contributed by atoms with E-state index in [2.05, 4.69) is 5.32 Å². The summed E-state index contributed by atoms with van der Waals surface area (Å²) in [5.41, 5.74) is 4.39. The molecule has 0 bridgehead atoms. The minimum Gasteiger partial charge on any atom is -0.492 e. The lowest BCUT2D eigenvalue weighted by Gasteiger charge is -2.07. The van der Waals surface area contributed by atoms with E-state index in [1.807, 2.05) is 68.4 Å². The van der Waals surface area contributed by atoms with E-state index >= 15 is 0 Å². The lowest BCUT2D eigenvalue weighted by Crippen LogP contribution is -2.13. The largest absolute Gasteiger partial charge is 0.492 e. The molecule has 0 spiro atoms. The number of rotatable bonds is 7. The van der Waals surface area contributed by atoms with Crippen molar-refractivity contribution in [2.24, 2.45) is 0 Å². The number of carbonyl (C=O) groups is 1. The summed E-state index contributed by atoms with van der Waals surface area (Å²) in [6.45, 7) is 4.35. The summed E-state index contributed by atoms with van der Waals surface area (Å²) in [5, 5.41) is 17.7. The van der Waals surface area contributed by atoms with Crippen LogP contribution in [0, 0.1) is 18.3 Å². The van der Waals surface area contributed by atoms with Gasteiger partial charge in [-0.1, -0.05) is 47.5 Å². The summed E-state index contributed by atoms with van der Waals surface area (Å²) < 4.78 is 7.25. The zero-order valence-electron chi connectivity index (χ0n) is 19.3. The zero-order chi connectivity index (χ0) is 24.8. The molecule has 6 nitrogen and oxygen atoms in total. The molecule has 174 valence electrons. The van der Waals surface area contributed by atoms with Crippen LogP contribution in [-0.4, -0.2) is 22.3 Å². The van der Waals surface area contributed by atoms with Crippen LogP contribution in [0.4, 0.5) is 5.69 Å². The van der Waals surface area contributed by atoms with Gasteiger partial charge in [-0.3, -0.25) is 4.79 Å². The number of nitriles is 1. The smallest absolute Gasteiger partial charge is 0.266 e. The first kappa shape index (κ1) is 23.8. The first-order valence-electron chi connectivity index (χ1n) is 11.1. The fraction of sp³-hybridized carbons (Fsp3) is 0.107. The van der Waals surface area contributed by atoms with Crippen LogP contribution in [-0.2, 0) is 4.79 Å². The molecule has 0 saturated carbocycles. The lowest BCUT2D eigenvalue weighted by molar-refractivity contribution is -0.112. The Balaban J connectivity index is 1.76. The molecule has 3 aromatic carbocycles. The van der Waals surface area contributed by atoms with Gasteiger partial charge in [0.1, 0.15) is 23.1 Å². The van der Waals surface area contributed by atoms with Crippen LogP contribution in [0.25, 0.3) is 23.0 Å². The number of benzene rings is 3. The van der Waals surface area contributed by atoms with E-state index < -0.39 is 5.91 Å². The summed E-state index contributed by atoms with van der Waals surface area (Å²) >= 11 is 6.43. The molecule has 4 aromatic rings. The molecule has 0 fully saturated rings. The Bertz CT molecular complexity index is 1420. The SMILES string of the molecule is CCOc1ccc(-c2nn(-c3ccccc3)cc2/C=C(/C#N)C(=O)Nc2ccc(C)cc2)cc1Cl. The van der Waals surface area contributed by atoms with Crippen molar-refractivity contribution in [1.82, 2.24) is 9.78 Å². The van der Waals surface area contributed by atoms with E-state index in [1.54, 1.807) is 35.1 Å². The number of hydrogen-bond acceptors (Lipinski definition) is 4. The molecule has 1 amide bonds. The number of amides is 1. The second-order valence-corrected chi connectivity index (χ2v) is 8.19. The average molecular weight is 483 g/mol. The highest BCUT2D eigenvalue weighted by Crippen LogP contribution is 2.32. The first-order chi connectivity index (χ1) is 17.0. The Morgan fingerprint density at radius 3 is 2.54 bits per heavy atom. The molecule has 0 unspecified atom stereocenters. The molecule has 0 aliphatic rings. The Morgan fingerprint density at radius 1 is 1.14 bits per heavy atom. The van der Waals surface area contributed by atoms with Crippen molar-refractivity contribution in [2.75, 3.05) is 11.9 Å². The molecule has 0 aliphatic carbocycles. The maximum atomic E-state index is 12.9. The summed E-state index contributed by atoms with van der Waals surface area (Å²) in [6.07, 6.45) is 3.32. The quantitative estimate of drug-likeness (QED) is 0.242. The zero-order valence-corrected chi connectivity index (χ0v) is 20.1. The summed E-state index contributed by atoms with van der Waals surface area (Å²) in [7, 11) is 0. The fourth-order valence-electron chi connectivity index (χ4n) is 3.49. The van der Waals surface area contributed by atoms with Crippen molar-refractivity contribution >= 4 is 29.3 Å². The third-order valence-electron chi connectivity index (χ3n) is 5.24. The number of ether oxygens (including phenoxy) is 1. The minimum atomic E-state index is -0.500. The lowest BCUT2D eigenvalue weighted by atomic mass is 10.1. The van der Waals surface area contributed by atoms with Crippen molar-refractivity contribution in [3.8, 4) is 28.8 Å². The van der Waals surface area contributed by atoms with Gasteiger partial charge >= 0.3 is 0 Å². The molecule has 1 N–H and O–H groups in total. The van der Waals surface area contributed by atoms with Gasteiger partial charge in [0, 0.05) is 23.0 Å². The number of para-hydroxylation sites is 1. The van der Waals surface area contributed by atoms with Crippen LogP contribution in [0.1, 0.15) is 18.1 Å². The number of hydrogen-bond donors (Lipinski definition) is 1. The molecule has 1 heterocycles. The van der Waals surface area contributed by atoms with E-state index in [0.717, 1.165) is 16.8 Å². The maximum Gasteiger partial charge on any atom is 0.266 e. The number of anilines is 1. The van der Waals surface area contributed by atoms with Crippen molar-refractivity contribution in [3.05, 3.63) is 101 Å². The molecule has 0 saturated heterocycles. The standard InChI is InChI=1S/C28H23ClN4O2/c1-3-35-26-14-11-20(16-25(26)29)27-22(18-33(32-27)24-7-5-4-6-8-24)15-21(17-30)28(34)31-23-12-9-19(2)10-13-23/h4-16,18H,3H2,1-2H3,(H,31,34)/b21-15-. The van der Waals surface area contributed by atoms with Crippen LogP contribution in [0.15, 0.2) is 84.6 Å². The van der Waals surface area contributed by atoms with Gasteiger partial charge in [0.25, 0.3) is 5.91 Å². The van der Waals surface area contributed by atoms with Gasteiger partial charge in [-0.25, -0.2) is 4.68 Å². The van der Waals surface area contributed by atoms with Crippen molar-refractivity contribution in [2.45, 2.75) is 13.8 Å². The number of carbonyl (C=O) groups excluding carboxylic acids is 1. The number of aromatic nitrogens is 2. The summed E-state index contributed by atoms with van der Waals surface area (Å²) in [5.74, 6) is 0.0761. The van der Waals surface area contributed by atoms with Crippen LogP contribution in [0.2, 0.25) is 5.02 Å². The van der Waals surface area contributed by atoms with E-state index in [9.17, 15) is 10.1 Å². The first-order valence-corrected chi connectivity index (χ1v) is 11.4. The molecule has 0 atom stereocenters. The van der Waals surface area contributed by atoms with Crippen LogP contribution in [0.5, 0.6) is 5.75 Å². The average Bonchev–Trinajstić information content (AvgIpc) is 3.29. The summed E-state index contributed by atoms with van der Waals surface area (Å²) in [4.78, 5) is 12.9. The number of nitrogens with zero attached hydrogens (tertiary/aromatic N) is 3. The molecular weight excluding hydrogens is 460 g/mol. The molecule has 0 radical (unpaired) electrons. The monoisotopic (exact) mass is 482 g/mol. The van der Waals surface area contributed by atoms with Gasteiger partial charge in [0.15, 0.2) is 0 Å². The van der Waals surface area contributed by atoms with Crippen LogP contribution >= 0.6 is 11.6 Å². The number of halogens is 1. The Labute approximate surface area is 209 Å². The molecule has 4 rings (SSSR count). The van der Waals surface area contributed by atoms with E-state index in [4.69, 9.17) is 21.4 Å². The highest BCUT2D eigenvalue weighted by atomic mass is 35.5. The number of aryl methyl sites for hydroxylation is 1. The Kier molecular flexibility index (Phi) is 7.30. The van der Waals surface area contributed by atoms with Gasteiger partial charge in [-0.2, -0.15) is 10.4 Å². The van der Waals surface area contributed by atoms with Crippen molar-refractivity contribution in [3.63, 3.8) is 0 Å². The highest BCUT2D eigenvalue weighted by molar-refractivity contribution is 6.32. The predicted molar refractivity (Wildman–Crippen MR) is 139 cm³/mol. The van der Waals surface area contributed by atoms with E-state index in [0.29, 0.717) is 34.3 Å². The van der Waals surface area contributed by atoms with Gasteiger partial charge in [-0.15, -0.1) is 0 Å². The molecule has 1 aromatic heterocycles. The van der Waals surface area contributed by atoms with E-state index in [-0.39, 0.29) is 5.57 Å². The van der Waals surface area contributed by atoms with Gasteiger partial charge < -0.3 is 10.1 Å². The normalized spacial score (nSPS) is 11.1. The number of nitrogens with one attached hydrogen (secondary N) is 1. The summed E-state index contributed by atoms with van der Waals surface area (Å²) in [6, 6.07) is 24.4. The van der Waals surface area contributed by atoms with Gasteiger partial charge in [0.2, 0.25) is 0 Å². The molecule has 7 heteroatoms. The molecular formula is C28H23ClN4O2. The van der Waals surface area contributed by atoms with Gasteiger partial charge in [0.05, 0.1) is 17.3 Å². The third-order valence-corrected chi connectivity index (χ3v) is 5.54. The second kappa shape index (κ2) is 10.7.